The minimum absolute atomic E-state index is 0.0107. The second kappa shape index (κ2) is 13.9. The standard InChI is InChI=1S/C27H41N5O6/c1-6-15(4)22(27(37)38)31-26(36)23(16(5)33)32-25(35)21(11-14(2)3)30-24(34)19(28)12-17-13-29-20-10-8-7-9-18(17)20/h7-10,13-16,19,21-23,29,33H,6,11-12,28H2,1-5H3,(H,30,34)(H,31,36)(H,32,35)(H,37,38). The van der Waals surface area contributed by atoms with Crippen molar-refractivity contribution in [2.75, 3.05) is 0 Å². The number of para-hydroxylation sites is 1. The average Bonchev–Trinajstić information content (AvgIpc) is 3.26. The molecule has 2 aromatic rings. The maximum atomic E-state index is 13.2. The van der Waals surface area contributed by atoms with E-state index in [0.717, 1.165) is 16.5 Å². The van der Waals surface area contributed by atoms with Crippen molar-refractivity contribution in [2.45, 2.75) is 84.2 Å². The molecule has 210 valence electrons. The predicted octanol–water partition coefficient (Wildman–Crippen LogP) is 1.05. The third kappa shape index (κ3) is 8.29. The molecule has 6 atom stereocenters. The number of aliphatic carboxylic acids is 1. The van der Waals surface area contributed by atoms with Gasteiger partial charge >= 0.3 is 5.97 Å². The molecule has 8 N–H and O–H groups in total. The number of nitrogens with two attached hydrogens (primary N) is 1. The number of aliphatic hydroxyl groups is 1. The molecule has 0 aliphatic heterocycles. The molecule has 3 amide bonds. The molecule has 0 aliphatic carbocycles. The first kappa shape index (κ1) is 30.8. The Morgan fingerprint density at radius 1 is 0.947 bits per heavy atom. The second-order valence-corrected chi connectivity index (χ2v) is 10.3. The van der Waals surface area contributed by atoms with E-state index in [4.69, 9.17) is 5.73 Å². The fourth-order valence-electron chi connectivity index (χ4n) is 4.20. The molecule has 1 heterocycles. The number of rotatable bonds is 14. The third-order valence-corrected chi connectivity index (χ3v) is 6.63. The molecule has 0 aliphatic rings. The second-order valence-electron chi connectivity index (χ2n) is 10.3. The van der Waals surface area contributed by atoms with Crippen molar-refractivity contribution in [1.29, 1.82) is 0 Å². The third-order valence-electron chi connectivity index (χ3n) is 6.63. The van der Waals surface area contributed by atoms with E-state index in [-0.39, 0.29) is 24.7 Å². The summed E-state index contributed by atoms with van der Waals surface area (Å²) in [6, 6.07) is 3.10. The van der Waals surface area contributed by atoms with Gasteiger partial charge in [-0.3, -0.25) is 14.4 Å². The number of carboxylic acid groups (broad SMARTS) is 1. The molecule has 6 unspecified atom stereocenters. The van der Waals surface area contributed by atoms with E-state index in [0.29, 0.717) is 6.42 Å². The first-order chi connectivity index (χ1) is 17.8. The summed E-state index contributed by atoms with van der Waals surface area (Å²) in [5.74, 6) is -3.60. The summed E-state index contributed by atoms with van der Waals surface area (Å²) in [6.07, 6.45) is 1.49. The predicted molar refractivity (Wildman–Crippen MR) is 144 cm³/mol. The van der Waals surface area contributed by atoms with Gasteiger partial charge in [0.05, 0.1) is 12.1 Å². The number of carbonyl (C=O) groups is 4. The Morgan fingerprint density at radius 3 is 2.16 bits per heavy atom. The fourth-order valence-corrected chi connectivity index (χ4v) is 4.20. The van der Waals surface area contributed by atoms with Gasteiger partial charge in [-0.05, 0) is 43.2 Å². The van der Waals surface area contributed by atoms with E-state index in [1.807, 2.05) is 38.1 Å². The smallest absolute Gasteiger partial charge is 0.326 e. The number of carboxylic acids is 1. The van der Waals surface area contributed by atoms with Crippen LogP contribution in [-0.2, 0) is 25.6 Å². The summed E-state index contributed by atoms with van der Waals surface area (Å²) < 4.78 is 0. The van der Waals surface area contributed by atoms with Crippen LogP contribution in [0.15, 0.2) is 30.5 Å². The summed E-state index contributed by atoms with van der Waals surface area (Å²) in [5.41, 5.74) is 7.98. The lowest BCUT2D eigenvalue weighted by Crippen LogP contribution is -2.60. The molecule has 0 spiro atoms. The number of H-pyrrole nitrogens is 1. The average molecular weight is 532 g/mol. The number of aromatic nitrogens is 1. The summed E-state index contributed by atoms with van der Waals surface area (Å²) in [4.78, 5) is 53.8. The van der Waals surface area contributed by atoms with Gasteiger partial charge < -0.3 is 36.9 Å². The Bertz CT molecular complexity index is 1110. The van der Waals surface area contributed by atoms with Crippen LogP contribution in [0.1, 0.15) is 53.0 Å². The minimum Gasteiger partial charge on any atom is -0.480 e. The monoisotopic (exact) mass is 531 g/mol. The van der Waals surface area contributed by atoms with E-state index in [1.54, 1.807) is 20.0 Å². The highest BCUT2D eigenvalue weighted by Crippen LogP contribution is 2.19. The zero-order valence-electron chi connectivity index (χ0n) is 22.7. The van der Waals surface area contributed by atoms with Gasteiger partial charge in [0.1, 0.15) is 18.1 Å². The minimum atomic E-state index is -1.42. The number of hydrogen-bond acceptors (Lipinski definition) is 6. The highest BCUT2D eigenvalue weighted by atomic mass is 16.4. The lowest BCUT2D eigenvalue weighted by molar-refractivity contribution is -0.144. The van der Waals surface area contributed by atoms with Gasteiger partial charge in [-0.25, -0.2) is 4.79 Å². The highest BCUT2D eigenvalue weighted by Gasteiger charge is 2.34. The zero-order valence-corrected chi connectivity index (χ0v) is 22.7. The highest BCUT2D eigenvalue weighted by molar-refractivity contribution is 5.94. The number of nitrogens with one attached hydrogen (secondary N) is 4. The van der Waals surface area contributed by atoms with Crippen LogP contribution in [0.3, 0.4) is 0 Å². The number of amides is 3. The molecule has 0 fully saturated rings. The van der Waals surface area contributed by atoms with E-state index in [9.17, 15) is 29.4 Å². The Kier molecular flexibility index (Phi) is 11.3. The number of hydrogen-bond donors (Lipinski definition) is 7. The van der Waals surface area contributed by atoms with E-state index in [2.05, 4.69) is 20.9 Å². The largest absolute Gasteiger partial charge is 0.480 e. The van der Waals surface area contributed by atoms with Crippen molar-refractivity contribution in [3.8, 4) is 0 Å². The fraction of sp³-hybridized carbons (Fsp3) is 0.556. The number of benzene rings is 1. The van der Waals surface area contributed by atoms with Gasteiger partial charge in [0, 0.05) is 17.1 Å². The van der Waals surface area contributed by atoms with Gasteiger partial charge in [0.25, 0.3) is 0 Å². The van der Waals surface area contributed by atoms with E-state index >= 15 is 0 Å². The van der Waals surface area contributed by atoms with Crippen LogP contribution in [0.25, 0.3) is 10.9 Å². The van der Waals surface area contributed by atoms with E-state index < -0.39 is 54.0 Å². The Balaban J connectivity index is 2.12. The van der Waals surface area contributed by atoms with Crippen molar-refractivity contribution in [1.82, 2.24) is 20.9 Å². The van der Waals surface area contributed by atoms with Crippen LogP contribution in [0, 0.1) is 11.8 Å². The molecule has 0 saturated heterocycles. The molecular formula is C27H41N5O6. The van der Waals surface area contributed by atoms with Gasteiger partial charge in [0.15, 0.2) is 0 Å². The SMILES string of the molecule is CCC(C)C(NC(=O)C(NC(=O)C(CC(C)C)NC(=O)C(N)Cc1c[nH]c2ccccc12)C(C)O)C(=O)O. The number of aliphatic hydroxyl groups excluding tert-OH is 1. The van der Waals surface area contributed by atoms with Crippen LogP contribution < -0.4 is 21.7 Å². The molecule has 11 heteroatoms. The molecular weight excluding hydrogens is 490 g/mol. The van der Waals surface area contributed by atoms with Gasteiger partial charge in [-0.1, -0.05) is 52.3 Å². The number of fused-ring (bicyclic) bond motifs is 1. The van der Waals surface area contributed by atoms with Crippen LogP contribution in [0.4, 0.5) is 0 Å². The van der Waals surface area contributed by atoms with Crippen molar-refractivity contribution < 1.29 is 29.4 Å². The molecule has 1 aromatic carbocycles. The Morgan fingerprint density at radius 2 is 1.58 bits per heavy atom. The topological polar surface area (TPSA) is 187 Å². The molecule has 2 rings (SSSR count). The first-order valence-corrected chi connectivity index (χ1v) is 13.0. The Labute approximate surface area is 222 Å². The summed E-state index contributed by atoms with van der Waals surface area (Å²) in [7, 11) is 0. The van der Waals surface area contributed by atoms with Crippen LogP contribution in [0.2, 0.25) is 0 Å². The maximum absolute atomic E-state index is 13.2. The summed E-state index contributed by atoms with van der Waals surface area (Å²) in [6.45, 7) is 8.55. The quantitative estimate of drug-likeness (QED) is 0.190. The first-order valence-electron chi connectivity index (χ1n) is 13.0. The molecule has 0 bridgehead atoms. The number of aromatic amines is 1. The van der Waals surface area contributed by atoms with Gasteiger partial charge in [-0.15, -0.1) is 0 Å². The van der Waals surface area contributed by atoms with Crippen molar-refractivity contribution in [3.05, 3.63) is 36.0 Å². The summed E-state index contributed by atoms with van der Waals surface area (Å²) in [5, 5.41) is 28.2. The Hall–Kier alpha value is -3.44. The molecule has 38 heavy (non-hydrogen) atoms. The van der Waals surface area contributed by atoms with Crippen molar-refractivity contribution >= 4 is 34.6 Å². The zero-order chi connectivity index (χ0) is 28.6. The van der Waals surface area contributed by atoms with Crippen molar-refractivity contribution in [2.24, 2.45) is 17.6 Å². The van der Waals surface area contributed by atoms with Crippen LogP contribution in [-0.4, -0.2) is 69.2 Å². The summed E-state index contributed by atoms with van der Waals surface area (Å²) >= 11 is 0. The van der Waals surface area contributed by atoms with Gasteiger partial charge in [-0.2, -0.15) is 0 Å². The number of carbonyl (C=O) groups excluding carboxylic acids is 3. The van der Waals surface area contributed by atoms with Crippen molar-refractivity contribution in [3.63, 3.8) is 0 Å². The molecule has 1 aromatic heterocycles. The lowest BCUT2D eigenvalue weighted by Gasteiger charge is -2.28. The van der Waals surface area contributed by atoms with Crippen LogP contribution in [0.5, 0.6) is 0 Å². The lowest BCUT2D eigenvalue weighted by atomic mass is 9.98. The van der Waals surface area contributed by atoms with E-state index in [1.165, 1.54) is 6.92 Å². The molecule has 0 radical (unpaired) electrons. The molecule has 11 nitrogen and oxygen atoms in total. The normalized spacial score (nSPS) is 16.2. The maximum Gasteiger partial charge on any atom is 0.326 e. The molecule has 0 saturated carbocycles. The van der Waals surface area contributed by atoms with Crippen LogP contribution >= 0.6 is 0 Å². The van der Waals surface area contributed by atoms with Gasteiger partial charge in [0.2, 0.25) is 17.7 Å².